The van der Waals surface area contributed by atoms with E-state index in [-0.39, 0.29) is 51.4 Å². The summed E-state index contributed by atoms with van der Waals surface area (Å²) in [5.41, 5.74) is 0. The van der Waals surface area contributed by atoms with Gasteiger partial charge < -0.3 is 29.0 Å². The van der Waals surface area contributed by atoms with Gasteiger partial charge in [0.15, 0.2) is 0 Å². The Bertz CT molecular complexity index is 13.5. The van der Waals surface area contributed by atoms with E-state index >= 15 is 0 Å². The van der Waals surface area contributed by atoms with Crippen molar-refractivity contribution in [2.75, 3.05) is 0 Å². The Kier molecular flexibility index (Phi) is 20.6. The summed E-state index contributed by atoms with van der Waals surface area (Å²) in [7, 11) is 0. The second-order valence-electron chi connectivity index (χ2n) is 0.0745. The minimum absolute atomic E-state index is 0. The van der Waals surface area contributed by atoms with Gasteiger partial charge in [0.05, 0.1) is 0 Å². The molecule has 0 atom stereocenters. The van der Waals surface area contributed by atoms with Crippen LogP contribution in [0.3, 0.4) is 0 Å². The molecule has 0 aromatic carbocycles. The van der Waals surface area contributed by atoms with Gasteiger partial charge in [-0.2, -0.15) is 0 Å². The molecule has 4 heavy (non-hydrogen) atoms. The molecular weight excluding hydrogens is 117 g/mol. The van der Waals surface area contributed by atoms with Crippen LogP contribution in [-0.4, -0.2) is 0 Å². The molecule has 0 radical (unpaired) electrons. The topological polar surface area (TPSA) is 12.4 Å². The van der Waals surface area contributed by atoms with Gasteiger partial charge in [-0.3, -0.25) is 0 Å². The van der Waals surface area contributed by atoms with E-state index < -0.39 is 0 Å². The first kappa shape index (κ1) is 9.30. The van der Waals surface area contributed by atoms with Crippen molar-refractivity contribution in [2.24, 2.45) is 3.77 Å². The Balaban J connectivity index is 0. The van der Waals surface area contributed by atoms with Crippen LogP contribution in [0.4, 0.5) is 0 Å². The van der Waals surface area contributed by atoms with E-state index in [9.17, 15) is 0 Å². The molecular formula is KNS2. The summed E-state index contributed by atoms with van der Waals surface area (Å²) in [5.74, 6) is 0. The SMILES string of the molecule is S=N[S-].[K+]. The van der Waals surface area contributed by atoms with Crippen LogP contribution in [-0.2, 0) is 25.2 Å². The maximum atomic E-state index is 3.83. The maximum Gasteiger partial charge on any atom is 1.00 e. The Labute approximate surface area is 78.7 Å². The van der Waals surface area contributed by atoms with E-state index in [4.69, 9.17) is 0 Å². The van der Waals surface area contributed by atoms with Gasteiger partial charge in [0.25, 0.3) is 0 Å². The molecule has 0 N–H and O–H groups in total. The first-order valence-electron chi connectivity index (χ1n) is 0.365. The summed E-state index contributed by atoms with van der Waals surface area (Å²) in [5, 5.41) is 0. The van der Waals surface area contributed by atoms with Crippen molar-refractivity contribution in [3.8, 4) is 0 Å². The zero-order valence-electron chi connectivity index (χ0n) is 2.26. The van der Waals surface area contributed by atoms with Crippen molar-refractivity contribution in [1.82, 2.24) is 0 Å². The molecule has 0 saturated carbocycles. The summed E-state index contributed by atoms with van der Waals surface area (Å²) in [6.45, 7) is 0. The van der Waals surface area contributed by atoms with Crippen molar-refractivity contribution < 1.29 is 51.4 Å². The molecule has 0 aromatic rings. The van der Waals surface area contributed by atoms with Gasteiger partial charge in [0, 0.05) is 0 Å². The standard InChI is InChI=1S/K.HNS2/c;2-1-3/h;(H,2,3)/q+1;/p-1. The fourth-order valence-corrected chi connectivity index (χ4v) is 0. The zero-order valence-corrected chi connectivity index (χ0v) is 7.02. The van der Waals surface area contributed by atoms with Crippen molar-refractivity contribution >= 4 is 25.2 Å². The van der Waals surface area contributed by atoms with E-state index in [2.05, 4.69) is 29.0 Å². The fraction of sp³-hybridized carbons (Fsp3) is 0. The average Bonchev–Trinajstić information content (AvgIpc) is 0.918. The van der Waals surface area contributed by atoms with Gasteiger partial charge >= 0.3 is 51.4 Å². The monoisotopic (exact) mass is 117 g/mol. The first-order valence-corrected chi connectivity index (χ1v) is 1.10. The van der Waals surface area contributed by atoms with E-state index in [0.717, 1.165) is 0 Å². The molecule has 0 saturated heterocycles. The molecule has 0 amide bonds. The molecule has 0 rings (SSSR count). The molecule has 0 heterocycles. The fourth-order valence-electron chi connectivity index (χ4n) is 0. The van der Waals surface area contributed by atoms with Crippen molar-refractivity contribution in [3.63, 3.8) is 0 Å². The molecule has 1 nitrogen and oxygen atoms in total. The molecule has 4 heteroatoms. The summed E-state index contributed by atoms with van der Waals surface area (Å²) >= 11 is 7.67. The molecule has 0 aliphatic heterocycles. The quantitative estimate of drug-likeness (QED) is 0.251. The molecule has 0 aliphatic carbocycles. The minimum Gasteiger partial charge on any atom is -0.366 e. The predicted octanol–water partition coefficient (Wildman–Crippen LogP) is -2.82. The van der Waals surface area contributed by atoms with Gasteiger partial charge in [-0.25, -0.2) is 0 Å². The molecule has 0 aromatic heterocycles. The van der Waals surface area contributed by atoms with E-state index in [1.54, 1.807) is 0 Å². The van der Waals surface area contributed by atoms with Gasteiger partial charge in [0.1, 0.15) is 0 Å². The molecule has 18 valence electrons. The Morgan fingerprint density at radius 2 is 1.75 bits per heavy atom. The molecule has 0 fully saturated rings. The van der Waals surface area contributed by atoms with Crippen LogP contribution in [0.5, 0.6) is 0 Å². The normalized spacial score (nSPS) is 3.00. The van der Waals surface area contributed by atoms with Crippen LogP contribution in [0.1, 0.15) is 0 Å². The summed E-state index contributed by atoms with van der Waals surface area (Å²) in [6, 6.07) is 0. The van der Waals surface area contributed by atoms with E-state index in [1.165, 1.54) is 0 Å². The molecule has 0 bridgehead atoms. The van der Waals surface area contributed by atoms with E-state index in [1.807, 2.05) is 0 Å². The summed E-state index contributed by atoms with van der Waals surface area (Å²) in [6.07, 6.45) is 0. The van der Waals surface area contributed by atoms with Crippen LogP contribution in [0.25, 0.3) is 0 Å². The largest absolute Gasteiger partial charge is 1.00 e. The van der Waals surface area contributed by atoms with Crippen LogP contribution < -0.4 is 51.4 Å². The van der Waals surface area contributed by atoms with Crippen molar-refractivity contribution in [1.29, 1.82) is 0 Å². The number of hydrogen-bond acceptors (Lipinski definition) is 3. The zero-order chi connectivity index (χ0) is 2.71. The molecule has 0 unspecified atom stereocenters. The van der Waals surface area contributed by atoms with Gasteiger partial charge in [-0.05, 0) is 0 Å². The van der Waals surface area contributed by atoms with Crippen LogP contribution in [0.15, 0.2) is 3.77 Å². The number of rotatable bonds is 0. The third-order valence-corrected chi connectivity index (χ3v) is 0. The summed E-state index contributed by atoms with van der Waals surface area (Å²) in [4.78, 5) is 0. The Morgan fingerprint density at radius 3 is 1.75 bits per heavy atom. The van der Waals surface area contributed by atoms with Gasteiger partial charge in [-0.15, -0.1) is 0 Å². The second kappa shape index (κ2) is 8.86. The predicted molar refractivity (Wildman–Crippen MR) is 17.2 cm³/mol. The van der Waals surface area contributed by atoms with Crippen molar-refractivity contribution in [2.45, 2.75) is 0 Å². The van der Waals surface area contributed by atoms with Gasteiger partial charge in [-0.1, -0.05) is 0 Å². The third kappa shape index (κ3) is 9.11. The molecule has 0 spiro atoms. The van der Waals surface area contributed by atoms with Crippen LogP contribution >= 0.6 is 0 Å². The van der Waals surface area contributed by atoms with Crippen LogP contribution in [0.2, 0.25) is 0 Å². The smallest absolute Gasteiger partial charge is 0.366 e. The minimum atomic E-state index is 0. The number of nitrogens with zero attached hydrogens (tertiary/aromatic N) is 1. The van der Waals surface area contributed by atoms with Crippen LogP contribution in [0, 0.1) is 0 Å². The average molecular weight is 117 g/mol. The van der Waals surface area contributed by atoms with Crippen molar-refractivity contribution in [3.05, 3.63) is 0 Å². The second-order valence-corrected chi connectivity index (χ2v) is 0.671. The molecule has 0 aliphatic rings. The number of hydrogen-bond donors (Lipinski definition) is 0. The first-order chi connectivity index (χ1) is 1.41. The Hall–Kier alpha value is 1.88. The maximum absolute atomic E-state index is 3.83. The Morgan fingerprint density at radius 1 is 1.75 bits per heavy atom. The van der Waals surface area contributed by atoms with E-state index in [0.29, 0.717) is 0 Å². The third-order valence-electron chi connectivity index (χ3n) is 0. The summed E-state index contributed by atoms with van der Waals surface area (Å²) < 4.78 is 2.67. The van der Waals surface area contributed by atoms with Gasteiger partial charge in [0.2, 0.25) is 0 Å².